The number of nitrogens with zero attached hydrogens (tertiary/aromatic N) is 2. The number of carbonyl (C=O) groups is 2. The average molecular weight is 478 g/mol. The standard InChI is InChI=1S/C22H21F3N4O3S/c1-12(2)10-29-21(32)13-5-3-4-6-15(13)28-22(29)33-11-18(31)26-9-17(30)27-16-8-7-14(23)19(24)20(16)25/h3-8,12H,9-11H2,1-2H3,(H,26,31)(H,27,30). The summed E-state index contributed by atoms with van der Waals surface area (Å²) in [6, 6.07) is 8.47. The lowest BCUT2D eigenvalue weighted by molar-refractivity contribution is -0.122. The number of thioether (sulfide) groups is 1. The van der Waals surface area contributed by atoms with Crippen LogP contribution in [0.25, 0.3) is 10.9 Å². The first-order valence-electron chi connectivity index (χ1n) is 9.99. The first kappa shape index (κ1) is 24.3. The number of benzene rings is 2. The van der Waals surface area contributed by atoms with Crippen LogP contribution >= 0.6 is 11.8 Å². The van der Waals surface area contributed by atoms with Crippen LogP contribution in [0.2, 0.25) is 0 Å². The lowest BCUT2D eigenvalue weighted by Crippen LogP contribution is -2.34. The van der Waals surface area contributed by atoms with Crippen LogP contribution in [0.1, 0.15) is 13.8 Å². The van der Waals surface area contributed by atoms with Crippen molar-refractivity contribution in [3.8, 4) is 0 Å². The summed E-state index contributed by atoms with van der Waals surface area (Å²) in [5.41, 5.74) is -0.232. The molecule has 7 nitrogen and oxygen atoms in total. The fraction of sp³-hybridized carbons (Fsp3) is 0.273. The maximum Gasteiger partial charge on any atom is 0.262 e. The molecule has 0 aliphatic rings. The van der Waals surface area contributed by atoms with E-state index in [2.05, 4.69) is 15.6 Å². The Morgan fingerprint density at radius 1 is 1.06 bits per heavy atom. The normalized spacial score (nSPS) is 11.1. The van der Waals surface area contributed by atoms with E-state index in [4.69, 9.17) is 0 Å². The molecule has 0 spiro atoms. The summed E-state index contributed by atoms with van der Waals surface area (Å²) in [5, 5.41) is 5.27. The number of fused-ring (bicyclic) bond motifs is 1. The molecule has 33 heavy (non-hydrogen) atoms. The lowest BCUT2D eigenvalue weighted by Gasteiger charge is -2.15. The van der Waals surface area contributed by atoms with Crippen molar-refractivity contribution >= 4 is 40.2 Å². The van der Waals surface area contributed by atoms with Gasteiger partial charge in [-0.2, -0.15) is 0 Å². The second kappa shape index (κ2) is 10.5. The predicted octanol–water partition coefficient (Wildman–Crippen LogP) is 3.32. The molecule has 0 aliphatic carbocycles. The van der Waals surface area contributed by atoms with Gasteiger partial charge >= 0.3 is 0 Å². The van der Waals surface area contributed by atoms with Crippen molar-refractivity contribution in [2.24, 2.45) is 5.92 Å². The Morgan fingerprint density at radius 3 is 2.52 bits per heavy atom. The molecule has 0 aliphatic heterocycles. The molecule has 0 radical (unpaired) electrons. The minimum atomic E-state index is -1.71. The lowest BCUT2D eigenvalue weighted by atomic mass is 10.2. The third-order valence-electron chi connectivity index (χ3n) is 4.46. The van der Waals surface area contributed by atoms with Crippen molar-refractivity contribution in [1.82, 2.24) is 14.9 Å². The summed E-state index contributed by atoms with van der Waals surface area (Å²) in [6.07, 6.45) is 0. The Morgan fingerprint density at radius 2 is 1.79 bits per heavy atom. The van der Waals surface area contributed by atoms with Crippen molar-refractivity contribution in [2.75, 3.05) is 17.6 Å². The number of amides is 2. The Hall–Kier alpha value is -3.34. The highest BCUT2D eigenvalue weighted by Crippen LogP contribution is 2.20. The van der Waals surface area contributed by atoms with E-state index in [1.165, 1.54) is 4.57 Å². The molecule has 2 amide bonds. The quantitative estimate of drug-likeness (QED) is 0.294. The summed E-state index contributed by atoms with van der Waals surface area (Å²) in [4.78, 5) is 41.5. The van der Waals surface area contributed by atoms with Gasteiger partial charge in [0.1, 0.15) is 0 Å². The number of hydrogen-bond acceptors (Lipinski definition) is 5. The zero-order valence-electron chi connectivity index (χ0n) is 17.8. The van der Waals surface area contributed by atoms with Gasteiger partial charge in [-0.1, -0.05) is 37.7 Å². The zero-order chi connectivity index (χ0) is 24.1. The molecule has 174 valence electrons. The van der Waals surface area contributed by atoms with Crippen LogP contribution < -0.4 is 16.2 Å². The highest BCUT2D eigenvalue weighted by molar-refractivity contribution is 7.99. The number of aromatic nitrogens is 2. The highest BCUT2D eigenvalue weighted by Gasteiger charge is 2.17. The number of nitrogens with one attached hydrogen (secondary N) is 2. The molecule has 0 fully saturated rings. The second-order valence-electron chi connectivity index (χ2n) is 7.56. The summed E-state index contributed by atoms with van der Waals surface area (Å²) < 4.78 is 41.4. The number of para-hydroxylation sites is 1. The van der Waals surface area contributed by atoms with Crippen LogP contribution in [0.15, 0.2) is 46.3 Å². The van der Waals surface area contributed by atoms with Crippen LogP contribution in [0.4, 0.5) is 18.9 Å². The fourth-order valence-corrected chi connectivity index (χ4v) is 3.80. The first-order chi connectivity index (χ1) is 15.7. The minimum absolute atomic E-state index is 0.129. The van der Waals surface area contributed by atoms with E-state index in [-0.39, 0.29) is 17.2 Å². The molecule has 2 N–H and O–H groups in total. The van der Waals surface area contributed by atoms with Gasteiger partial charge < -0.3 is 10.6 Å². The molecule has 0 saturated carbocycles. The van der Waals surface area contributed by atoms with Crippen LogP contribution in [0.3, 0.4) is 0 Å². The molecule has 0 atom stereocenters. The van der Waals surface area contributed by atoms with E-state index in [0.717, 1.165) is 17.8 Å². The Labute approximate surface area is 191 Å². The van der Waals surface area contributed by atoms with E-state index in [1.54, 1.807) is 24.3 Å². The van der Waals surface area contributed by atoms with Crippen LogP contribution in [-0.4, -0.2) is 33.7 Å². The van der Waals surface area contributed by atoms with E-state index in [9.17, 15) is 27.6 Å². The van der Waals surface area contributed by atoms with E-state index >= 15 is 0 Å². The van der Waals surface area contributed by atoms with Gasteiger partial charge in [-0.3, -0.25) is 19.0 Å². The zero-order valence-corrected chi connectivity index (χ0v) is 18.6. The fourth-order valence-electron chi connectivity index (χ4n) is 2.96. The molecule has 0 unspecified atom stereocenters. The third-order valence-corrected chi connectivity index (χ3v) is 5.44. The van der Waals surface area contributed by atoms with Crippen molar-refractivity contribution in [3.05, 3.63) is 64.2 Å². The SMILES string of the molecule is CC(C)Cn1c(SCC(=O)NCC(=O)Nc2ccc(F)c(F)c2F)nc2ccccc2c1=O. The summed E-state index contributed by atoms with van der Waals surface area (Å²) >= 11 is 1.04. The highest BCUT2D eigenvalue weighted by atomic mass is 32.2. The van der Waals surface area contributed by atoms with E-state index in [0.29, 0.717) is 28.7 Å². The molecule has 11 heteroatoms. The first-order valence-corrected chi connectivity index (χ1v) is 11.0. The minimum Gasteiger partial charge on any atom is -0.346 e. The molecular weight excluding hydrogens is 457 g/mol. The van der Waals surface area contributed by atoms with Crippen LogP contribution in [-0.2, 0) is 16.1 Å². The van der Waals surface area contributed by atoms with Gasteiger partial charge in [-0.15, -0.1) is 0 Å². The van der Waals surface area contributed by atoms with Crippen molar-refractivity contribution in [1.29, 1.82) is 0 Å². The van der Waals surface area contributed by atoms with Gasteiger partial charge in [0.2, 0.25) is 11.8 Å². The number of anilines is 1. The number of halogens is 3. The van der Waals surface area contributed by atoms with Gasteiger partial charge in [0.05, 0.1) is 28.9 Å². The topological polar surface area (TPSA) is 93.1 Å². The number of hydrogen-bond donors (Lipinski definition) is 2. The van der Waals surface area contributed by atoms with E-state index < -0.39 is 41.5 Å². The molecule has 3 aromatic rings. The Kier molecular flexibility index (Phi) is 7.75. The van der Waals surface area contributed by atoms with Gasteiger partial charge in [0, 0.05) is 6.54 Å². The third kappa shape index (κ3) is 5.92. The maximum absolute atomic E-state index is 13.6. The van der Waals surface area contributed by atoms with Gasteiger partial charge in [0.15, 0.2) is 22.6 Å². The van der Waals surface area contributed by atoms with Crippen molar-refractivity contribution in [2.45, 2.75) is 25.5 Å². The average Bonchev–Trinajstić information content (AvgIpc) is 2.78. The molecule has 0 bridgehead atoms. The monoisotopic (exact) mass is 478 g/mol. The summed E-state index contributed by atoms with van der Waals surface area (Å²) in [5.74, 6) is -5.93. The molecule has 3 rings (SSSR count). The number of rotatable bonds is 8. The Balaban J connectivity index is 1.63. The number of carbonyl (C=O) groups excluding carboxylic acids is 2. The molecule has 2 aromatic carbocycles. The molecule has 1 aromatic heterocycles. The van der Waals surface area contributed by atoms with Crippen molar-refractivity contribution in [3.63, 3.8) is 0 Å². The summed E-state index contributed by atoms with van der Waals surface area (Å²) in [7, 11) is 0. The van der Waals surface area contributed by atoms with Crippen molar-refractivity contribution < 1.29 is 22.8 Å². The Bertz CT molecular complexity index is 1260. The predicted molar refractivity (Wildman–Crippen MR) is 120 cm³/mol. The van der Waals surface area contributed by atoms with Gasteiger partial charge in [0.25, 0.3) is 5.56 Å². The van der Waals surface area contributed by atoms with Crippen LogP contribution in [0.5, 0.6) is 0 Å². The molecule has 0 saturated heterocycles. The maximum atomic E-state index is 13.6. The second-order valence-corrected chi connectivity index (χ2v) is 8.50. The van der Waals surface area contributed by atoms with Gasteiger partial charge in [-0.05, 0) is 30.2 Å². The summed E-state index contributed by atoms with van der Waals surface area (Å²) in [6.45, 7) is 3.82. The molecule has 1 heterocycles. The van der Waals surface area contributed by atoms with Crippen LogP contribution in [0, 0.1) is 23.4 Å². The molecular formula is C22H21F3N4O3S. The smallest absolute Gasteiger partial charge is 0.262 e. The van der Waals surface area contributed by atoms with E-state index in [1.807, 2.05) is 13.8 Å². The largest absolute Gasteiger partial charge is 0.346 e. The van der Waals surface area contributed by atoms with Gasteiger partial charge in [-0.25, -0.2) is 18.2 Å².